The molecule has 1 saturated carbocycles. The van der Waals surface area contributed by atoms with Crippen LogP contribution in [0.3, 0.4) is 0 Å². The quantitative estimate of drug-likeness (QED) is 0.336. The summed E-state index contributed by atoms with van der Waals surface area (Å²) in [4.78, 5) is 37.5. The molecule has 0 spiro atoms. The van der Waals surface area contributed by atoms with E-state index >= 15 is 0 Å². The molecule has 0 unspecified atom stereocenters. The summed E-state index contributed by atoms with van der Waals surface area (Å²) >= 11 is 0. The van der Waals surface area contributed by atoms with Crippen LogP contribution in [0.25, 0.3) is 5.78 Å². The van der Waals surface area contributed by atoms with Crippen molar-refractivity contribution >= 4 is 23.2 Å². The van der Waals surface area contributed by atoms with E-state index in [9.17, 15) is 9.59 Å². The molecule has 1 aliphatic heterocycles. The van der Waals surface area contributed by atoms with E-state index in [1.54, 1.807) is 43.6 Å². The third-order valence-electron chi connectivity index (χ3n) is 7.00. The lowest BCUT2D eigenvalue weighted by Crippen LogP contribution is -2.37. The van der Waals surface area contributed by atoms with Crippen LogP contribution in [0.2, 0.25) is 0 Å². The molecule has 13 heteroatoms. The molecular formula is C24H30N10O3. The Hall–Kier alpha value is -4.13. The molecule has 0 bridgehead atoms. The van der Waals surface area contributed by atoms with Gasteiger partial charge in [-0.1, -0.05) is 0 Å². The molecule has 1 amide bonds. The Morgan fingerprint density at radius 2 is 2.05 bits per heavy atom. The molecule has 194 valence electrons. The Labute approximate surface area is 212 Å². The minimum atomic E-state index is -0.156. The van der Waals surface area contributed by atoms with Gasteiger partial charge in [0.05, 0.1) is 31.1 Å². The number of hydrogen-bond donors (Lipinski definition) is 1. The largest absolute Gasteiger partial charge is 0.463 e. The number of anilines is 1. The number of hydrogen-bond acceptors (Lipinski definition) is 8. The molecule has 2 N–H and O–H groups in total. The van der Waals surface area contributed by atoms with Crippen LogP contribution in [0.15, 0.2) is 45.0 Å². The highest BCUT2D eigenvalue weighted by atomic mass is 16.3. The van der Waals surface area contributed by atoms with Gasteiger partial charge in [-0.3, -0.25) is 24.0 Å². The number of rotatable bonds is 9. The number of aryl methyl sites for hydroxylation is 2. The summed E-state index contributed by atoms with van der Waals surface area (Å²) in [6.45, 7) is 6.71. The fourth-order valence-corrected chi connectivity index (χ4v) is 4.80. The van der Waals surface area contributed by atoms with Gasteiger partial charge in [-0.05, 0) is 44.7 Å². The Morgan fingerprint density at radius 3 is 2.76 bits per heavy atom. The van der Waals surface area contributed by atoms with Crippen LogP contribution in [0.4, 0.5) is 5.82 Å². The predicted octanol–water partition coefficient (Wildman–Crippen LogP) is 1.17. The zero-order chi connectivity index (χ0) is 25.7. The fourth-order valence-electron chi connectivity index (χ4n) is 4.80. The van der Waals surface area contributed by atoms with Crippen molar-refractivity contribution in [3.8, 4) is 0 Å². The van der Waals surface area contributed by atoms with E-state index in [2.05, 4.69) is 10.1 Å². The molecule has 1 fully saturated rings. The Kier molecular flexibility index (Phi) is 5.71. The van der Waals surface area contributed by atoms with E-state index in [0.29, 0.717) is 73.0 Å². The molecule has 0 aromatic carbocycles. The predicted molar refractivity (Wildman–Crippen MR) is 136 cm³/mol. The van der Waals surface area contributed by atoms with Crippen LogP contribution in [0.1, 0.15) is 48.5 Å². The van der Waals surface area contributed by atoms with E-state index in [1.165, 1.54) is 5.01 Å². The number of imidazole rings is 1. The molecule has 2 aliphatic rings. The summed E-state index contributed by atoms with van der Waals surface area (Å²) in [6, 6.07) is 3.64. The topological polar surface area (TPSA) is 137 Å². The number of aromatic nitrogens is 6. The van der Waals surface area contributed by atoms with E-state index in [4.69, 9.17) is 15.2 Å². The molecular weight excluding hydrogens is 476 g/mol. The number of nitrogens with two attached hydrogens (primary N) is 1. The lowest BCUT2D eigenvalue weighted by molar-refractivity contribution is 0.0773. The number of nitrogens with zero attached hydrogens (tertiary/aromatic N) is 9. The van der Waals surface area contributed by atoms with Crippen LogP contribution in [0, 0.1) is 5.92 Å². The number of hydrazine groups is 1. The minimum absolute atomic E-state index is 0.0555. The number of carbonyl (C=O) groups is 1. The Morgan fingerprint density at radius 1 is 1.24 bits per heavy atom. The molecule has 4 aromatic heterocycles. The number of carbonyl (C=O) groups excluding carboxylic acids is 1. The highest BCUT2D eigenvalue weighted by Crippen LogP contribution is 2.32. The highest BCUT2D eigenvalue weighted by Gasteiger charge is 2.33. The van der Waals surface area contributed by atoms with Crippen molar-refractivity contribution in [2.24, 2.45) is 16.8 Å². The molecule has 0 atom stereocenters. The van der Waals surface area contributed by atoms with Gasteiger partial charge in [-0.2, -0.15) is 10.1 Å². The normalized spacial score (nSPS) is 15.3. The van der Waals surface area contributed by atoms with Gasteiger partial charge in [-0.25, -0.2) is 19.8 Å². The van der Waals surface area contributed by atoms with E-state index < -0.39 is 0 Å². The van der Waals surface area contributed by atoms with Gasteiger partial charge in [0.25, 0.3) is 5.91 Å². The van der Waals surface area contributed by atoms with Crippen molar-refractivity contribution < 1.29 is 9.21 Å². The molecule has 13 nitrogen and oxygen atoms in total. The monoisotopic (exact) mass is 506 g/mol. The Bertz CT molecular complexity index is 1530. The van der Waals surface area contributed by atoms with Crippen molar-refractivity contribution in [2.45, 2.75) is 46.3 Å². The summed E-state index contributed by atoms with van der Waals surface area (Å²) in [5, 5.41) is 5.84. The van der Waals surface area contributed by atoms with Gasteiger partial charge in [0.15, 0.2) is 11.6 Å². The number of amides is 1. The van der Waals surface area contributed by atoms with Gasteiger partial charge in [-0.15, -0.1) is 0 Å². The van der Waals surface area contributed by atoms with Crippen LogP contribution >= 0.6 is 0 Å². The lowest BCUT2D eigenvalue weighted by Gasteiger charge is -2.21. The molecule has 4 aromatic rings. The average Bonchev–Trinajstić information content (AvgIpc) is 3.28. The third-order valence-corrected chi connectivity index (χ3v) is 7.00. The fraction of sp³-hybridized carbons (Fsp3) is 0.458. The summed E-state index contributed by atoms with van der Waals surface area (Å²) in [5.74, 6) is 8.27. The second-order valence-electron chi connectivity index (χ2n) is 9.42. The third kappa shape index (κ3) is 3.95. The molecule has 5 heterocycles. The summed E-state index contributed by atoms with van der Waals surface area (Å²) in [6.07, 6.45) is 7.08. The van der Waals surface area contributed by atoms with Crippen LogP contribution < -0.4 is 16.5 Å². The standard InChI is InChI=1S/C24H30N10O3/c1-3-29(4-2)22(35)17-12-27-30(14-17)9-10-31-23-28-21-20(34(23)33(24(31)36)13-16-7-8-16)19(26-15-32(21)25)18-6-5-11-37-18/h5-6,11-12,14,16H,3-4,7-10,13,15,25H2,1-2H3. The maximum absolute atomic E-state index is 13.6. The maximum Gasteiger partial charge on any atom is 0.346 e. The van der Waals surface area contributed by atoms with Crippen molar-refractivity contribution in [2.75, 3.05) is 24.8 Å². The van der Waals surface area contributed by atoms with E-state index in [0.717, 1.165) is 12.8 Å². The van der Waals surface area contributed by atoms with Crippen molar-refractivity contribution in [3.05, 3.63) is 58.3 Å². The second kappa shape index (κ2) is 9.07. The van der Waals surface area contributed by atoms with Crippen molar-refractivity contribution in [1.82, 2.24) is 33.4 Å². The lowest BCUT2D eigenvalue weighted by atomic mass is 10.2. The second-order valence-corrected chi connectivity index (χ2v) is 9.42. The zero-order valence-electron chi connectivity index (χ0n) is 20.9. The average molecular weight is 507 g/mol. The molecule has 37 heavy (non-hydrogen) atoms. The molecule has 1 aliphatic carbocycles. The van der Waals surface area contributed by atoms with Gasteiger partial charge < -0.3 is 9.32 Å². The number of aliphatic imine (C=N–C) groups is 1. The van der Waals surface area contributed by atoms with E-state index in [-0.39, 0.29) is 18.3 Å². The highest BCUT2D eigenvalue weighted by molar-refractivity contribution is 6.14. The smallest absolute Gasteiger partial charge is 0.346 e. The first-order chi connectivity index (χ1) is 18.0. The Balaban J connectivity index is 1.38. The van der Waals surface area contributed by atoms with Gasteiger partial charge in [0.1, 0.15) is 18.1 Å². The first-order valence-corrected chi connectivity index (χ1v) is 12.6. The van der Waals surface area contributed by atoms with Gasteiger partial charge >= 0.3 is 5.69 Å². The van der Waals surface area contributed by atoms with Crippen LogP contribution in [-0.2, 0) is 19.6 Å². The molecule has 0 saturated heterocycles. The summed E-state index contributed by atoms with van der Waals surface area (Å²) in [5.41, 5.74) is 1.63. The molecule has 6 rings (SSSR count). The zero-order valence-corrected chi connectivity index (χ0v) is 20.9. The maximum atomic E-state index is 13.6. The first-order valence-electron chi connectivity index (χ1n) is 12.6. The van der Waals surface area contributed by atoms with Crippen LogP contribution in [0.5, 0.6) is 0 Å². The summed E-state index contributed by atoms with van der Waals surface area (Å²) < 4.78 is 12.5. The minimum Gasteiger partial charge on any atom is -0.463 e. The van der Waals surface area contributed by atoms with Gasteiger partial charge in [0.2, 0.25) is 5.78 Å². The number of fused-ring (bicyclic) bond motifs is 3. The first kappa shape index (κ1) is 23.3. The van der Waals surface area contributed by atoms with Crippen molar-refractivity contribution in [3.63, 3.8) is 0 Å². The SMILES string of the molecule is CCN(CC)C(=O)c1cnn(CCn2c(=O)n(CC3CC3)n3c4c(nc23)N(N)CN=C4c2ccco2)c1. The van der Waals surface area contributed by atoms with Gasteiger partial charge in [0, 0.05) is 25.8 Å². The number of furan rings is 1. The van der Waals surface area contributed by atoms with Crippen LogP contribution in [-0.4, -0.2) is 64.8 Å². The molecule has 0 radical (unpaired) electrons. The van der Waals surface area contributed by atoms with E-state index in [1.807, 2.05) is 24.4 Å². The summed E-state index contributed by atoms with van der Waals surface area (Å²) in [7, 11) is 0. The van der Waals surface area contributed by atoms with Crippen molar-refractivity contribution in [1.29, 1.82) is 0 Å².